The van der Waals surface area contributed by atoms with E-state index in [0.29, 0.717) is 17.5 Å². The molecule has 1 aromatic heterocycles. The van der Waals surface area contributed by atoms with Gasteiger partial charge >= 0.3 is 21.9 Å². The summed E-state index contributed by atoms with van der Waals surface area (Å²) in [6, 6.07) is 8.34. The van der Waals surface area contributed by atoms with Crippen LogP contribution in [0.1, 0.15) is 5.56 Å². The fourth-order valence-corrected chi connectivity index (χ4v) is 3.56. The summed E-state index contributed by atoms with van der Waals surface area (Å²) >= 11 is 5.73. The molecule has 0 saturated heterocycles. The van der Waals surface area contributed by atoms with E-state index in [0.717, 1.165) is 12.1 Å². The van der Waals surface area contributed by atoms with Gasteiger partial charge in [0.25, 0.3) is 0 Å². The average Bonchev–Trinajstić information content (AvgIpc) is 2.53. The molecule has 0 bridgehead atoms. The number of fused-ring (bicyclic) bond motifs is 1. The Hall–Kier alpha value is -2.52. The van der Waals surface area contributed by atoms with Crippen molar-refractivity contribution in [2.75, 3.05) is 0 Å². The van der Waals surface area contributed by atoms with E-state index in [1.807, 2.05) is 0 Å². The molecule has 0 N–H and O–H groups in total. The lowest BCUT2D eigenvalue weighted by molar-refractivity contribution is -0.137. The van der Waals surface area contributed by atoms with Crippen molar-refractivity contribution in [3.8, 4) is 5.75 Å². The highest BCUT2D eigenvalue weighted by molar-refractivity contribution is 7.87. The molecule has 0 aliphatic heterocycles. The molecule has 0 amide bonds. The summed E-state index contributed by atoms with van der Waals surface area (Å²) in [6.07, 6.45) is -4.75. The van der Waals surface area contributed by atoms with Crippen molar-refractivity contribution >= 4 is 32.7 Å². The van der Waals surface area contributed by atoms with Gasteiger partial charge in [0.1, 0.15) is 16.2 Å². The van der Waals surface area contributed by atoms with Crippen molar-refractivity contribution < 1.29 is 30.2 Å². The second-order valence-corrected chi connectivity index (χ2v) is 7.06. The minimum atomic E-state index is -4.75. The van der Waals surface area contributed by atoms with Crippen LogP contribution in [-0.4, -0.2) is 8.42 Å². The summed E-state index contributed by atoms with van der Waals surface area (Å²) in [5.41, 5.74) is -1.78. The molecule has 0 fully saturated rings. The zero-order valence-corrected chi connectivity index (χ0v) is 14.2. The number of halogens is 4. The molecule has 1 heterocycles. The number of rotatable bonds is 3. The van der Waals surface area contributed by atoms with E-state index in [2.05, 4.69) is 0 Å². The van der Waals surface area contributed by atoms with Crippen molar-refractivity contribution in [3.05, 3.63) is 69.5 Å². The maximum atomic E-state index is 12.8. The zero-order valence-electron chi connectivity index (χ0n) is 12.6. The first-order valence-corrected chi connectivity index (χ1v) is 8.70. The molecular weight excluding hydrogens is 397 g/mol. The molecule has 10 heteroatoms. The first-order valence-electron chi connectivity index (χ1n) is 6.91. The first-order chi connectivity index (χ1) is 12.1. The maximum absolute atomic E-state index is 12.8. The van der Waals surface area contributed by atoms with Crippen LogP contribution in [0.25, 0.3) is 11.0 Å². The third kappa shape index (κ3) is 3.68. The third-order valence-corrected chi connectivity index (χ3v) is 5.06. The van der Waals surface area contributed by atoms with Gasteiger partial charge in [-0.3, -0.25) is 0 Å². The quantitative estimate of drug-likeness (QED) is 0.482. The molecule has 3 rings (SSSR count). The smallest absolute Gasteiger partial charge is 0.416 e. The highest BCUT2D eigenvalue weighted by Crippen LogP contribution is 2.34. The second-order valence-electron chi connectivity index (χ2n) is 5.13. The van der Waals surface area contributed by atoms with Gasteiger partial charge in [-0.15, -0.1) is 0 Å². The molecule has 0 aliphatic carbocycles. The highest BCUT2D eigenvalue weighted by atomic mass is 35.5. The lowest BCUT2D eigenvalue weighted by Gasteiger charge is -2.12. The van der Waals surface area contributed by atoms with Gasteiger partial charge in [-0.25, -0.2) is 4.79 Å². The minimum absolute atomic E-state index is 0.0559. The van der Waals surface area contributed by atoms with E-state index >= 15 is 0 Å². The van der Waals surface area contributed by atoms with Gasteiger partial charge in [0.15, 0.2) is 0 Å². The number of hydrogen-bond acceptors (Lipinski definition) is 5. The van der Waals surface area contributed by atoms with Crippen LogP contribution in [0, 0.1) is 0 Å². The lowest BCUT2D eigenvalue weighted by Crippen LogP contribution is -2.13. The summed E-state index contributed by atoms with van der Waals surface area (Å²) in [5.74, 6) is -0.250. The fourth-order valence-electron chi connectivity index (χ4n) is 2.14. The van der Waals surface area contributed by atoms with E-state index < -0.39 is 37.4 Å². The van der Waals surface area contributed by atoms with E-state index in [-0.39, 0.29) is 11.3 Å². The Morgan fingerprint density at radius 2 is 1.69 bits per heavy atom. The highest BCUT2D eigenvalue weighted by Gasteiger charge is 2.33. The van der Waals surface area contributed by atoms with Gasteiger partial charge in [-0.2, -0.15) is 21.6 Å². The fraction of sp³-hybridized carbons (Fsp3) is 0.0625. The Morgan fingerprint density at radius 3 is 2.38 bits per heavy atom. The summed E-state index contributed by atoms with van der Waals surface area (Å²) in [5, 5.41) is 0.0803. The molecule has 0 unspecified atom stereocenters. The third-order valence-electron chi connectivity index (χ3n) is 3.33. The van der Waals surface area contributed by atoms with Crippen molar-refractivity contribution in [1.82, 2.24) is 0 Å². The second kappa shape index (κ2) is 6.33. The number of benzene rings is 2. The van der Waals surface area contributed by atoms with Gasteiger partial charge in [-0.05, 0) is 36.4 Å². The largest absolute Gasteiger partial charge is 0.423 e. The van der Waals surface area contributed by atoms with Crippen LogP contribution >= 0.6 is 11.6 Å². The van der Waals surface area contributed by atoms with E-state index in [1.54, 1.807) is 0 Å². The number of alkyl halides is 3. The molecule has 0 aliphatic rings. The summed E-state index contributed by atoms with van der Waals surface area (Å²) in [4.78, 5) is 10.4. The molecule has 0 spiro atoms. The number of hydrogen-bond donors (Lipinski definition) is 0. The van der Waals surface area contributed by atoms with E-state index in [1.165, 1.54) is 24.3 Å². The standard InChI is InChI=1S/C16H8ClF3O5S/c17-12-5-3-10(16(18,19)20)7-14(12)26(22,23)25-11-4-1-9-2-6-15(21)24-13(9)8-11/h1-8H. The monoisotopic (exact) mass is 404 g/mol. The van der Waals surface area contributed by atoms with E-state index in [4.69, 9.17) is 20.2 Å². The Kier molecular flexibility index (Phi) is 4.45. The first kappa shape index (κ1) is 18.3. The Balaban J connectivity index is 2.03. The SMILES string of the molecule is O=c1ccc2ccc(OS(=O)(=O)c3cc(C(F)(F)F)ccc3Cl)cc2o1. The van der Waals surface area contributed by atoms with Gasteiger partial charge in [0.05, 0.1) is 10.6 Å². The van der Waals surface area contributed by atoms with Crippen LogP contribution in [0.2, 0.25) is 5.02 Å². The van der Waals surface area contributed by atoms with Crippen molar-refractivity contribution in [1.29, 1.82) is 0 Å². The summed E-state index contributed by atoms with van der Waals surface area (Å²) in [7, 11) is -4.66. The molecule has 5 nitrogen and oxygen atoms in total. The Bertz CT molecular complexity index is 1150. The van der Waals surface area contributed by atoms with Crippen molar-refractivity contribution in [2.24, 2.45) is 0 Å². The Morgan fingerprint density at radius 1 is 1.00 bits per heavy atom. The van der Waals surface area contributed by atoms with Gasteiger partial charge in [0, 0.05) is 17.5 Å². The van der Waals surface area contributed by atoms with Gasteiger partial charge < -0.3 is 8.60 Å². The van der Waals surface area contributed by atoms with Crippen LogP contribution < -0.4 is 9.81 Å². The van der Waals surface area contributed by atoms with E-state index in [9.17, 15) is 26.4 Å². The van der Waals surface area contributed by atoms with Gasteiger partial charge in [0.2, 0.25) is 0 Å². The molecule has 0 radical (unpaired) electrons. The van der Waals surface area contributed by atoms with Crippen molar-refractivity contribution in [2.45, 2.75) is 11.1 Å². The molecule has 26 heavy (non-hydrogen) atoms. The average molecular weight is 405 g/mol. The normalized spacial score (nSPS) is 12.3. The van der Waals surface area contributed by atoms with Crippen LogP contribution in [0.4, 0.5) is 13.2 Å². The van der Waals surface area contributed by atoms with Crippen molar-refractivity contribution in [3.63, 3.8) is 0 Å². The Labute approximate surface area is 149 Å². The molecule has 0 saturated carbocycles. The molecule has 0 atom stereocenters. The minimum Gasteiger partial charge on any atom is -0.423 e. The zero-order chi connectivity index (χ0) is 19.1. The molecule has 3 aromatic rings. The van der Waals surface area contributed by atoms with Crippen LogP contribution in [-0.2, 0) is 16.3 Å². The van der Waals surface area contributed by atoms with Crippen LogP contribution in [0.15, 0.2) is 62.6 Å². The summed E-state index contributed by atoms with van der Waals surface area (Å²) in [6.45, 7) is 0. The molecular formula is C16H8ClF3O5S. The topological polar surface area (TPSA) is 73.6 Å². The van der Waals surface area contributed by atoms with Crippen LogP contribution in [0.3, 0.4) is 0 Å². The molecule has 136 valence electrons. The maximum Gasteiger partial charge on any atom is 0.416 e. The van der Waals surface area contributed by atoms with Gasteiger partial charge in [-0.1, -0.05) is 11.6 Å². The summed E-state index contributed by atoms with van der Waals surface area (Å²) < 4.78 is 72.8. The predicted octanol–water partition coefficient (Wildman–Crippen LogP) is 4.23. The molecule has 2 aromatic carbocycles. The van der Waals surface area contributed by atoms with Crippen LogP contribution in [0.5, 0.6) is 5.75 Å². The lowest BCUT2D eigenvalue weighted by atomic mass is 10.2. The predicted molar refractivity (Wildman–Crippen MR) is 86.8 cm³/mol.